The molecule has 2 heterocycles. The van der Waals surface area contributed by atoms with Crippen molar-refractivity contribution in [1.82, 2.24) is 9.61 Å². The first-order valence-electron chi connectivity index (χ1n) is 5.52. The molecule has 0 aliphatic heterocycles. The summed E-state index contributed by atoms with van der Waals surface area (Å²) in [7, 11) is 0. The van der Waals surface area contributed by atoms with Crippen LogP contribution in [0, 0.1) is 0 Å². The first-order valence-corrected chi connectivity index (χ1v) is 6.34. The topological polar surface area (TPSA) is 34.4 Å². The van der Waals surface area contributed by atoms with Crippen LogP contribution in [0.4, 0.5) is 0 Å². The van der Waals surface area contributed by atoms with Crippen LogP contribution in [0.2, 0.25) is 0 Å². The number of hydrogen-bond donors (Lipinski definition) is 0. The van der Waals surface area contributed by atoms with Crippen LogP contribution in [0.25, 0.3) is 4.83 Å². The highest BCUT2D eigenvalue weighted by Crippen LogP contribution is 2.27. The van der Waals surface area contributed by atoms with Gasteiger partial charge in [-0.3, -0.25) is 4.79 Å². The Balaban J connectivity index is 2.76. The highest BCUT2D eigenvalue weighted by Gasteiger charge is 2.12. The van der Waals surface area contributed by atoms with E-state index in [1.165, 1.54) is 4.52 Å². The number of hydrogen-bond acceptors (Lipinski definition) is 3. The number of fused-ring (bicyclic) bond motifs is 1. The zero-order valence-corrected chi connectivity index (χ0v) is 10.8. The molecule has 16 heavy (non-hydrogen) atoms. The second kappa shape index (κ2) is 4.01. The summed E-state index contributed by atoms with van der Waals surface area (Å²) in [6.45, 7) is 8.45. The normalized spacial score (nSPS) is 11.9. The van der Waals surface area contributed by atoms with E-state index in [2.05, 4.69) is 32.8 Å². The first-order chi connectivity index (χ1) is 7.50. The average molecular weight is 236 g/mol. The lowest BCUT2D eigenvalue weighted by Crippen LogP contribution is -2.12. The fourth-order valence-corrected chi connectivity index (χ4v) is 2.86. The van der Waals surface area contributed by atoms with Crippen molar-refractivity contribution in [2.45, 2.75) is 39.5 Å². The van der Waals surface area contributed by atoms with E-state index < -0.39 is 0 Å². The molecule has 0 amide bonds. The lowest BCUT2D eigenvalue weighted by Gasteiger charge is -2.05. The summed E-state index contributed by atoms with van der Waals surface area (Å²) in [5, 5.41) is 4.15. The quantitative estimate of drug-likeness (QED) is 0.803. The maximum atomic E-state index is 11.8. The summed E-state index contributed by atoms with van der Waals surface area (Å²) < 4.78 is 1.51. The molecule has 0 aliphatic rings. The third kappa shape index (κ3) is 1.78. The van der Waals surface area contributed by atoms with Crippen LogP contribution >= 0.6 is 11.3 Å². The third-order valence-electron chi connectivity index (χ3n) is 2.63. The van der Waals surface area contributed by atoms with Gasteiger partial charge < -0.3 is 0 Å². The molecule has 0 fully saturated rings. The maximum absolute atomic E-state index is 11.8. The van der Waals surface area contributed by atoms with Gasteiger partial charge in [-0.2, -0.15) is 9.61 Å². The SMILES string of the molecule is CC(C)c1cc(=O)n2ncc(C(C)C)c2s1. The third-order valence-corrected chi connectivity index (χ3v) is 4.06. The van der Waals surface area contributed by atoms with E-state index in [4.69, 9.17) is 0 Å². The van der Waals surface area contributed by atoms with Crippen molar-refractivity contribution in [1.29, 1.82) is 0 Å². The molecule has 86 valence electrons. The smallest absolute Gasteiger partial charge is 0.267 e. The molecule has 2 aromatic rings. The Kier molecular flexibility index (Phi) is 2.84. The minimum absolute atomic E-state index is 0.0237. The van der Waals surface area contributed by atoms with Crippen LogP contribution in [0.3, 0.4) is 0 Å². The van der Waals surface area contributed by atoms with Crippen LogP contribution < -0.4 is 5.56 Å². The summed E-state index contributed by atoms with van der Waals surface area (Å²) in [6.07, 6.45) is 1.81. The Bertz CT molecular complexity index is 566. The van der Waals surface area contributed by atoms with Gasteiger partial charge in [0.15, 0.2) is 0 Å². The van der Waals surface area contributed by atoms with E-state index >= 15 is 0 Å². The van der Waals surface area contributed by atoms with E-state index in [0.717, 1.165) is 15.3 Å². The largest absolute Gasteiger partial charge is 0.273 e. The van der Waals surface area contributed by atoms with Gasteiger partial charge in [-0.05, 0) is 11.8 Å². The highest BCUT2D eigenvalue weighted by molar-refractivity contribution is 7.17. The van der Waals surface area contributed by atoms with E-state index in [1.807, 2.05) is 6.20 Å². The van der Waals surface area contributed by atoms with Crippen molar-refractivity contribution in [2.24, 2.45) is 0 Å². The summed E-state index contributed by atoms with van der Waals surface area (Å²) in [5.74, 6) is 0.785. The first kappa shape index (κ1) is 11.3. The van der Waals surface area contributed by atoms with Gasteiger partial charge in [0.25, 0.3) is 5.56 Å². The molecule has 2 aromatic heterocycles. The molecular weight excluding hydrogens is 220 g/mol. The predicted octanol–water partition coefficient (Wildman–Crippen LogP) is 3.00. The average Bonchev–Trinajstić information content (AvgIpc) is 2.61. The van der Waals surface area contributed by atoms with Crippen molar-refractivity contribution in [2.75, 3.05) is 0 Å². The van der Waals surface area contributed by atoms with E-state index in [-0.39, 0.29) is 5.56 Å². The molecule has 0 aromatic carbocycles. The molecule has 2 rings (SSSR count). The zero-order chi connectivity index (χ0) is 11.9. The van der Waals surface area contributed by atoms with Crippen molar-refractivity contribution in [3.05, 3.63) is 33.1 Å². The van der Waals surface area contributed by atoms with Crippen molar-refractivity contribution in [3.8, 4) is 0 Å². The summed E-state index contributed by atoms with van der Waals surface area (Å²) in [5.41, 5.74) is 1.13. The van der Waals surface area contributed by atoms with Crippen molar-refractivity contribution >= 4 is 16.2 Å². The van der Waals surface area contributed by atoms with E-state index in [1.54, 1.807) is 17.4 Å². The Labute approximate surface area is 98.7 Å². The molecule has 0 radical (unpaired) electrons. The van der Waals surface area contributed by atoms with E-state index in [0.29, 0.717) is 11.8 Å². The molecule has 0 unspecified atom stereocenters. The molecular formula is C12H16N2OS. The summed E-state index contributed by atoms with van der Waals surface area (Å²) in [6, 6.07) is 1.69. The van der Waals surface area contributed by atoms with Gasteiger partial charge in [-0.25, -0.2) is 0 Å². The van der Waals surface area contributed by atoms with Crippen molar-refractivity contribution in [3.63, 3.8) is 0 Å². The summed E-state index contributed by atoms with van der Waals surface area (Å²) >= 11 is 1.67. The van der Waals surface area contributed by atoms with Gasteiger partial charge in [0.2, 0.25) is 0 Å². The van der Waals surface area contributed by atoms with Crippen molar-refractivity contribution < 1.29 is 0 Å². The highest BCUT2D eigenvalue weighted by atomic mass is 32.1. The number of nitrogens with zero attached hydrogens (tertiary/aromatic N) is 2. The molecule has 3 nitrogen and oxygen atoms in total. The lowest BCUT2D eigenvalue weighted by atomic mass is 10.1. The van der Waals surface area contributed by atoms with Gasteiger partial charge in [-0.1, -0.05) is 27.7 Å². The van der Waals surface area contributed by atoms with Gasteiger partial charge in [0, 0.05) is 16.5 Å². The second-order valence-corrected chi connectivity index (χ2v) is 5.68. The minimum atomic E-state index is -0.0237. The van der Waals surface area contributed by atoms with Crippen LogP contribution in [0.5, 0.6) is 0 Å². The zero-order valence-electron chi connectivity index (χ0n) is 10.0. The molecule has 0 saturated heterocycles. The van der Waals surface area contributed by atoms with Crippen LogP contribution in [0.1, 0.15) is 50.0 Å². The molecule has 4 heteroatoms. The Hall–Kier alpha value is -1.16. The maximum Gasteiger partial charge on any atom is 0.273 e. The van der Waals surface area contributed by atoms with Crippen LogP contribution in [-0.4, -0.2) is 9.61 Å². The fourth-order valence-electron chi connectivity index (χ4n) is 1.61. The monoisotopic (exact) mass is 236 g/mol. The Morgan fingerprint density at radius 2 is 1.94 bits per heavy atom. The summed E-state index contributed by atoms with van der Waals surface area (Å²) in [4.78, 5) is 14.0. The molecule has 0 atom stereocenters. The lowest BCUT2D eigenvalue weighted by molar-refractivity contribution is 0.869. The van der Waals surface area contributed by atoms with Gasteiger partial charge in [0.05, 0.1) is 6.20 Å². The molecule has 0 N–H and O–H groups in total. The Morgan fingerprint density at radius 1 is 1.25 bits per heavy atom. The number of aromatic nitrogens is 2. The second-order valence-electron chi connectivity index (χ2n) is 4.61. The molecule has 0 saturated carbocycles. The van der Waals surface area contributed by atoms with Gasteiger partial charge >= 0.3 is 0 Å². The minimum Gasteiger partial charge on any atom is -0.267 e. The van der Waals surface area contributed by atoms with Crippen LogP contribution in [-0.2, 0) is 0 Å². The molecule has 0 bridgehead atoms. The molecule has 0 spiro atoms. The number of rotatable bonds is 2. The van der Waals surface area contributed by atoms with Gasteiger partial charge in [-0.15, -0.1) is 11.3 Å². The predicted molar refractivity (Wildman–Crippen MR) is 67.5 cm³/mol. The van der Waals surface area contributed by atoms with E-state index in [9.17, 15) is 4.79 Å². The molecule has 0 aliphatic carbocycles. The standard InChI is InChI=1S/C12H16N2OS/c1-7(2)9-6-13-14-11(15)5-10(8(3)4)16-12(9)14/h5-8H,1-4H3. The van der Waals surface area contributed by atoms with Gasteiger partial charge in [0.1, 0.15) is 4.83 Å². The Morgan fingerprint density at radius 3 is 2.50 bits per heavy atom. The van der Waals surface area contributed by atoms with Crippen LogP contribution in [0.15, 0.2) is 17.1 Å². The fraction of sp³-hybridized carbons (Fsp3) is 0.500.